The Morgan fingerprint density at radius 1 is 0.895 bits per heavy atom. The summed E-state index contributed by atoms with van der Waals surface area (Å²) >= 11 is 0. The third kappa shape index (κ3) is 12.8. The number of rotatable bonds is 20. The Bertz CT molecular complexity index is 1640. The van der Waals surface area contributed by atoms with E-state index in [0.717, 1.165) is 24.0 Å². The number of ketones is 2. The molecule has 2 fully saturated rings. The van der Waals surface area contributed by atoms with Crippen LogP contribution in [-0.2, 0) is 51.3 Å². The van der Waals surface area contributed by atoms with Gasteiger partial charge in [-0.15, -0.1) is 0 Å². The molecule has 0 bridgehead atoms. The Labute approximate surface area is 336 Å². The van der Waals surface area contributed by atoms with Crippen molar-refractivity contribution in [3.8, 4) is 0 Å². The summed E-state index contributed by atoms with van der Waals surface area (Å²) in [5.74, 6) is -4.87. The summed E-state index contributed by atoms with van der Waals surface area (Å²) < 4.78 is 5.95. The Kier molecular flexibility index (Phi) is 16.6. The first-order chi connectivity index (χ1) is 27.1. The van der Waals surface area contributed by atoms with Gasteiger partial charge in [0, 0.05) is 57.8 Å². The Hall–Kier alpha value is -4.82. The largest absolute Gasteiger partial charge is 0.444 e. The van der Waals surface area contributed by atoms with E-state index in [4.69, 9.17) is 4.74 Å². The molecule has 1 aromatic carbocycles. The molecule has 0 aromatic heterocycles. The lowest BCUT2D eigenvalue weighted by Crippen LogP contribution is -2.58. The predicted octanol–water partition coefficient (Wildman–Crippen LogP) is 2.96. The van der Waals surface area contributed by atoms with Gasteiger partial charge in [0.05, 0.1) is 12.6 Å². The van der Waals surface area contributed by atoms with Crippen molar-refractivity contribution in [2.75, 3.05) is 20.1 Å². The maximum absolute atomic E-state index is 14.5. The Balaban J connectivity index is 1.50. The van der Waals surface area contributed by atoms with Crippen LogP contribution in [0, 0.1) is 17.8 Å². The molecule has 314 valence electrons. The van der Waals surface area contributed by atoms with Crippen LogP contribution in [0.1, 0.15) is 110 Å². The van der Waals surface area contributed by atoms with Crippen molar-refractivity contribution < 1.29 is 43.1 Å². The number of nitrogens with zero attached hydrogens (tertiary/aromatic N) is 2. The van der Waals surface area contributed by atoms with E-state index >= 15 is 0 Å². The average Bonchev–Trinajstić information content (AvgIpc) is 3.90. The summed E-state index contributed by atoms with van der Waals surface area (Å²) in [5.41, 5.74) is 2.16. The molecule has 2 unspecified atom stereocenters. The first-order valence-electron chi connectivity index (χ1n) is 20.6. The molecule has 15 heteroatoms. The minimum absolute atomic E-state index is 0.0304. The topological polar surface area (TPSA) is 200 Å². The lowest BCUT2D eigenvalue weighted by atomic mass is 9.88. The van der Waals surface area contributed by atoms with E-state index in [1.807, 2.05) is 45.0 Å². The molecule has 1 aromatic rings. The summed E-state index contributed by atoms with van der Waals surface area (Å²) in [4.78, 5) is 109. The normalized spacial score (nSPS) is 19.2. The quantitative estimate of drug-likeness (QED) is 0.113. The van der Waals surface area contributed by atoms with E-state index in [0.29, 0.717) is 45.2 Å². The summed E-state index contributed by atoms with van der Waals surface area (Å²) in [6.45, 7) is 9.66. The van der Waals surface area contributed by atoms with E-state index in [-0.39, 0.29) is 55.9 Å². The van der Waals surface area contributed by atoms with Crippen LogP contribution in [0.15, 0.2) is 24.3 Å². The van der Waals surface area contributed by atoms with E-state index in [1.54, 1.807) is 25.8 Å². The molecule has 5 atom stereocenters. The van der Waals surface area contributed by atoms with Crippen molar-refractivity contribution in [2.45, 2.75) is 142 Å². The molecule has 2 heterocycles. The SMILES string of the molecule is CCCC(NC(=O)C1C[C@@H](OC(=O)N2CCc3ccccc3C2)CN1C(=O)[C@@H](NC(=O)[C@@H](CC(=O)CCCCC(=O)NC)C(C)C)C(C)C)C(=O)C(=O)NC1CC1. The lowest BCUT2D eigenvalue weighted by molar-refractivity contribution is -0.144. The lowest BCUT2D eigenvalue weighted by Gasteiger charge is -2.32. The molecule has 57 heavy (non-hydrogen) atoms. The molecular weight excluding hydrogens is 732 g/mol. The van der Waals surface area contributed by atoms with Crippen molar-refractivity contribution in [1.29, 1.82) is 0 Å². The highest BCUT2D eigenvalue weighted by Crippen LogP contribution is 2.27. The van der Waals surface area contributed by atoms with Gasteiger partial charge < -0.3 is 35.8 Å². The molecule has 1 aliphatic carbocycles. The molecule has 4 rings (SSSR count). The molecule has 15 nitrogen and oxygen atoms in total. The Morgan fingerprint density at radius 2 is 1.58 bits per heavy atom. The van der Waals surface area contributed by atoms with Crippen LogP contribution >= 0.6 is 0 Å². The molecule has 6 amide bonds. The number of amides is 6. The average molecular weight is 795 g/mol. The third-order valence-corrected chi connectivity index (χ3v) is 11.1. The summed E-state index contributed by atoms with van der Waals surface area (Å²) in [6, 6.07) is 4.40. The molecule has 3 aliphatic rings. The molecule has 4 N–H and O–H groups in total. The van der Waals surface area contributed by atoms with E-state index in [9.17, 15) is 38.4 Å². The maximum atomic E-state index is 14.5. The van der Waals surface area contributed by atoms with Gasteiger partial charge in [0.2, 0.25) is 29.4 Å². The van der Waals surface area contributed by atoms with Crippen LogP contribution in [0.2, 0.25) is 0 Å². The van der Waals surface area contributed by atoms with Gasteiger partial charge in [-0.1, -0.05) is 65.3 Å². The zero-order chi connectivity index (χ0) is 41.8. The van der Waals surface area contributed by atoms with E-state index in [1.165, 1.54) is 4.90 Å². The van der Waals surface area contributed by atoms with Crippen LogP contribution in [-0.4, -0.2) is 107 Å². The molecule has 1 saturated heterocycles. The second-order valence-electron chi connectivity index (χ2n) is 16.4. The third-order valence-electron chi connectivity index (χ3n) is 11.1. The number of fused-ring (bicyclic) bond motifs is 1. The molecule has 0 spiro atoms. The first-order valence-corrected chi connectivity index (χ1v) is 20.6. The smallest absolute Gasteiger partial charge is 0.410 e. The highest BCUT2D eigenvalue weighted by atomic mass is 16.6. The van der Waals surface area contributed by atoms with Crippen molar-refractivity contribution in [1.82, 2.24) is 31.1 Å². The van der Waals surface area contributed by atoms with Gasteiger partial charge >= 0.3 is 6.09 Å². The van der Waals surface area contributed by atoms with Crippen molar-refractivity contribution >= 4 is 47.2 Å². The number of ether oxygens (including phenoxy) is 1. The zero-order valence-corrected chi connectivity index (χ0v) is 34.4. The van der Waals surface area contributed by atoms with E-state index < -0.39 is 71.6 Å². The number of hydrogen-bond donors (Lipinski definition) is 4. The maximum Gasteiger partial charge on any atom is 0.410 e. The second-order valence-corrected chi connectivity index (χ2v) is 16.4. The van der Waals surface area contributed by atoms with Gasteiger partial charge in [0.15, 0.2) is 0 Å². The second kappa shape index (κ2) is 21.1. The van der Waals surface area contributed by atoms with Gasteiger partial charge in [-0.3, -0.25) is 33.6 Å². The predicted molar refractivity (Wildman–Crippen MR) is 211 cm³/mol. The van der Waals surface area contributed by atoms with Crippen molar-refractivity contribution in [2.24, 2.45) is 17.8 Å². The number of likely N-dealkylation sites (tertiary alicyclic amines) is 1. The summed E-state index contributed by atoms with van der Waals surface area (Å²) in [6.07, 6.45) is 2.97. The molecule has 2 aliphatic heterocycles. The van der Waals surface area contributed by atoms with Gasteiger partial charge in [0.25, 0.3) is 5.91 Å². The highest BCUT2D eigenvalue weighted by Gasteiger charge is 2.46. The standard InChI is InChI=1S/C42H62N6O9/c1-7-12-33(37(51)40(54)44-29-17-18-29)45-39(53)34-22-31(57-42(56)47-20-19-27-13-8-9-14-28(27)23-47)24-48(34)41(55)36(26(4)5)46-38(52)32(25(2)3)21-30(49)15-10-11-16-35(50)43-6/h8-9,13-14,25-26,29,31-34,36H,7,10-12,15-24H2,1-6H3,(H,43,50)(H,44,54)(H,45,53)(H,46,52)/t31-,32+,33?,34?,36+/m1/s1. The zero-order valence-electron chi connectivity index (χ0n) is 34.4. The summed E-state index contributed by atoms with van der Waals surface area (Å²) in [7, 11) is 1.56. The summed E-state index contributed by atoms with van der Waals surface area (Å²) in [5, 5.41) is 10.8. The van der Waals surface area contributed by atoms with Crippen LogP contribution in [0.5, 0.6) is 0 Å². The first kappa shape index (κ1) is 44.9. The van der Waals surface area contributed by atoms with Gasteiger partial charge in [-0.05, 0) is 61.5 Å². The van der Waals surface area contributed by atoms with Crippen molar-refractivity contribution in [3.63, 3.8) is 0 Å². The number of hydrogen-bond acceptors (Lipinski definition) is 9. The fourth-order valence-corrected chi connectivity index (χ4v) is 7.38. The minimum Gasteiger partial charge on any atom is -0.444 e. The number of nitrogens with one attached hydrogen (secondary N) is 4. The van der Waals surface area contributed by atoms with Crippen LogP contribution < -0.4 is 21.3 Å². The Morgan fingerprint density at radius 3 is 2.21 bits per heavy atom. The van der Waals surface area contributed by atoms with Crippen molar-refractivity contribution in [3.05, 3.63) is 35.4 Å². The van der Waals surface area contributed by atoms with E-state index in [2.05, 4.69) is 21.3 Å². The number of benzene rings is 1. The number of carbonyl (C=O) groups excluding carboxylic acids is 8. The number of unbranched alkanes of at least 4 members (excludes halogenated alkanes) is 1. The highest BCUT2D eigenvalue weighted by molar-refractivity contribution is 6.38. The number of carbonyl (C=O) groups is 8. The van der Waals surface area contributed by atoms with Gasteiger partial charge in [0.1, 0.15) is 24.0 Å². The molecule has 1 saturated carbocycles. The van der Waals surface area contributed by atoms with Gasteiger partial charge in [-0.25, -0.2) is 4.79 Å². The van der Waals surface area contributed by atoms with Crippen LogP contribution in [0.3, 0.4) is 0 Å². The molecular formula is C42H62N6O9. The molecule has 0 radical (unpaired) electrons. The van der Waals surface area contributed by atoms with Crippen LogP contribution in [0.25, 0.3) is 0 Å². The van der Waals surface area contributed by atoms with Gasteiger partial charge in [-0.2, -0.15) is 0 Å². The van der Waals surface area contributed by atoms with Crippen LogP contribution in [0.4, 0.5) is 4.79 Å². The monoisotopic (exact) mass is 794 g/mol. The fraction of sp³-hybridized carbons (Fsp3) is 0.667. The minimum atomic E-state index is -1.17. The fourth-order valence-electron chi connectivity index (χ4n) is 7.38. The number of Topliss-reactive ketones (excluding diaryl/α,β-unsaturated/α-hetero) is 2.